The minimum absolute atomic E-state index is 0.0819. The van der Waals surface area contributed by atoms with E-state index in [2.05, 4.69) is 14.9 Å². The Morgan fingerprint density at radius 1 is 1.47 bits per heavy atom. The number of fused-ring (bicyclic) bond motifs is 1. The second-order valence-electron chi connectivity index (χ2n) is 4.12. The Labute approximate surface area is 102 Å². The maximum atomic E-state index is 11.6. The normalized spacial score (nSPS) is 20.4. The first-order valence-corrected chi connectivity index (χ1v) is 5.79. The SMILES string of the molecule is O=C1CC(Cl)CN1Cc1cccc2nonc12. The van der Waals surface area contributed by atoms with Crippen molar-refractivity contribution < 1.29 is 9.42 Å². The first-order chi connectivity index (χ1) is 8.24. The molecule has 6 heteroatoms. The van der Waals surface area contributed by atoms with Crippen LogP contribution >= 0.6 is 11.6 Å². The molecule has 0 saturated carbocycles. The smallest absolute Gasteiger partial charge is 0.224 e. The van der Waals surface area contributed by atoms with Crippen LogP contribution in [0.3, 0.4) is 0 Å². The van der Waals surface area contributed by atoms with Gasteiger partial charge in [-0.05, 0) is 16.4 Å². The number of rotatable bonds is 2. The molecule has 3 rings (SSSR count). The summed E-state index contributed by atoms with van der Waals surface area (Å²) in [6, 6.07) is 5.62. The van der Waals surface area contributed by atoms with Crippen LogP contribution in [0, 0.1) is 0 Å². The molecule has 5 nitrogen and oxygen atoms in total. The number of nitrogens with zero attached hydrogens (tertiary/aromatic N) is 3. The molecule has 1 aromatic carbocycles. The van der Waals surface area contributed by atoms with E-state index >= 15 is 0 Å². The predicted octanol–water partition coefficient (Wildman–Crippen LogP) is 1.56. The van der Waals surface area contributed by atoms with Crippen molar-refractivity contribution in [3.8, 4) is 0 Å². The maximum absolute atomic E-state index is 11.6. The van der Waals surface area contributed by atoms with Gasteiger partial charge in [0.2, 0.25) is 5.91 Å². The second kappa shape index (κ2) is 4.00. The van der Waals surface area contributed by atoms with Crippen LogP contribution < -0.4 is 0 Å². The van der Waals surface area contributed by atoms with Gasteiger partial charge in [0, 0.05) is 25.1 Å². The highest BCUT2D eigenvalue weighted by Gasteiger charge is 2.28. The second-order valence-corrected chi connectivity index (χ2v) is 4.74. The lowest BCUT2D eigenvalue weighted by Crippen LogP contribution is -2.24. The Kier molecular flexibility index (Phi) is 2.48. The summed E-state index contributed by atoms with van der Waals surface area (Å²) >= 11 is 5.96. The van der Waals surface area contributed by atoms with Gasteiger partial charge in [-0.25, -0.2) is 4.63 Å². The molecule has 1 atom stereocenters. The third kappa shape index (κ3) is 1.86. The van der Waals surface area contributed by atoms with Gasteiger partial charge in [-0.1, -0.05) is 12.1 Å². The molecule has 0 spiro atoms. The Balaban J connectivity index is 1.90. The zero-order valence-electron chi connectivity index (χ0n) is 8.97. The molecule has 1 aliphatic heterocycles. The molecule has 0 bridgehead atoms. The van der Waals surface area contributed by atoms with Crippen molar-refractivity contribution in [2.24, 2.45) is 0 Å². The van der Waals surface area contributed by atoms with E-state index in [0.29, 0.717) is 30.5 Å². The van der Waals surface area contributed by atoms with Crippen LogP contribution in [0.25, 0.3) is 11.0 Å². The summed E-state index contributed by atoms with van der Waals surface area (Å²) in [7, 11) is 0. The maximum Gasteiger partial charge on any atom is 0.224 e. The Morgan fingerprint density at radius 2 is 2.35 bits per heavy atom. The highest BCUT2D eigenvalue weighted by atomic mass is 35.5. The molecule has 0 radical (unpaired) electrons. The molecule has 1 aromatic heterocycles. The van der Waals surface area contributed by atoms with E-state index in [1.807, 2.05) is 18.2 Å². The first-order valence-electron chi connectivity index (χ1n) is 5.36. The molecule has 0 N–H and O–H groups in total. The van der Waals surface area contributed by atoms with Crippen molar-refractivity contribution in [3.05, 3.63) is 23.8 Å². The van der Waals surface area contributed by atoms with Crippen molar-refractivity contribution in [2.45, 2.75) is 18.3 Å². The molecule has 1 unspecified atom stereocenters. The monoisotopic (exact) mass is 251 g/mol. The lowest BCUT2D eigenvalue weighted by Gasteiger charge is -2.15. The molecule has 2 heterocycles. The number of carbonyl (C=O) groups is 1. The standard InChI is InChI=1S/C11H10ClN3O2/c12-8-4-10(16)15(6-8)5-7-2-1-3-9-11(7)14-17-13-9/h1-3,8H,4-6H2. The number of hydrogen-bond donors (Lipinski definition) is 0. The number of amides is 1. The summed E-state index contributed by atoms with van der Waals surface area (Å²) in [5, 5.41) is 7.53. The number of alkyl halides is 1. The average Bonchev–Trinajstić information content (AvgIpc) is 2.87. The highest BCUT2D eigenvalue weighted by Crippen LogP contribution is 2.22. The fourth-order valence-electron chi connectivity index (χ4n) is 2.07. The van der Waals surface area contributed by atoms with E-state index in [1.165, 1.54) is 0 Å². The van der Waals surface area contributed by atoms with Crippen LogP contribution in [0.5, 0.6) is 0 Å². The van der Waals surface area contributed by atoms with E-state index in [4.69, 9.17) is 11.6 Å². The molecule has 1 amide bonds. The van der Waals surface area contributed by atoms with Crippen LogP contribution in [-0.2, 0) is 11.3 Å². The van der Waals surface area contributed by atoms with Gasteiger partial charge in [0.05, 0.1) is 5.38 Å². The lowest BCUT2D eigenvalue weighted by atomic mass is 10.2. The van der Waals surface area contributed by atoms with E-state index in [-0.39, 0.29) is 11.3 Å². The van der Waals surface area contributed by atoms with Gasteiger partial charge in [-0.3, -0.25) is 4.79 Å². The van der Waals surface area contributed by atoms with Crippen LogP contribution in [0.2, 0.25) is 0 Å². The van der Waals surface area contributed by atoms with Crippen LogP contribution in [-0.4, -0.2) is 33.0 Å². The summed E-state index contributed by atoms with van der Waals surface area (Å²) in [6.45, 7) is 1.09. The van der Waals surface area contributed by atoms with Crippen LogP contribution in [0.15, 0.2) is 22.8 Å². The van der Waals surface area contributed by atoms with Gasteiger partial charge in [0.1, 0.15) is 11.0 Å². The Hall–Kier alpha value is -1.62. The molecular weight excluding hydrogens is 242 g/mol. The fourth-order valence-corrected chi connectivity index (χ4v) is 2.37. The molecule has 88 valence electrons. The van der Waals surface area contributed by atoms with E-state index in [9.17, 15) is 4.79 Å². The average molecular weight is 252 g/mol. The topological polar surface area (TPSA) is 59.2 Å². The van der Waals surface area contributed by atoms with E-state index in [1.54, 1.807) is 4.90 Å². The number of halogens is 1. The van der Waals surface area contributed by atoms with E-state index in [0.717, 1.165) is 5.56 Å². The summed E-state index contributed by atoms with van der Waals surface area (Å²) < 4.78 is 4.69. The van der Waals surface area contributed by atoms with Crippen molar-refractivity contribution in [3.63, 3.8) is 0 Å². The van der Waals surface area contributed by atoms with Crippen molar-refractivity contribution in [1.82, 2.24) is 15.2 Å². The Morgan fingerprint density at radius 3 is 3.12 bits per heavy atom. The zero-order chi connectivity index (χ0) is 11.8. The van der Waals surface area contributed by atoms with Crippen molar-refractivity contribution >= 4 is 28.5 Å². The Bertz CT molecular complexity index is 569. The van der Waals surface area contributed by atoms with Gasteiger partial charge in [-0.15, -0.1) is 11.6 Å². The molecule has 2 aromatic rings. The van der Waals surface area contributed by atoms with Crippen LogP contribution in [0.4, 0.5) is 0 Å². The minimum Gasteiger partial charge on any atom is -0.337 e. The molecular formula is C11H10ClN3O2. The number of aromatic nitrogens is 2. The lowest BCUT2D eigenvalue weighted by molar-refractivity contribution is -0.128. The molecule has 17 heavy (non-hydrogen) atoms. The highest BCUT2D eigenvalue weighted by molar-refractivity contribution is 6.22. The van der Waals surface area contributed by atoms with Crippen molar-refractivity contribution in [2.75, 3.05) is 6.54 Å². The minimum atomic E-state index is -0.0860. The number of hydrogen-bond acceptors (Lipinski definition) is 4. The van der Waals surface area contributed by atoms with Crippen LogP contribution in [0.1, 0.15) is 12.0 Å². The summed E-state index contributed by atoms with van der Waals surface area (Å²) in [5.41, 5.74) is 2.35. The molecule has 1 aliphatic rings. The zero-order valence-corrected chi connectivity index (χ0v) is 9.72. The molecule has 1 fully saturated rings. The van der Waals surface area contributed by atoms with Gasteiger partial charge >= 0.3 is 0 Å². The largest absolute Gasteiger partial charge is 0.337 e. The third-order valence-corrected chi connectivity index (χ3v) is 3.19. The molecule has 1 saturated heterocycles. The van der Waals surface area contributed by atoms with Gasteiger partial charge in [0.15, 0.2) is 0 Å². The fraction of sp³-hybridized carbons (Fsp3) is 0.364. The number of carbonyl (C=O) groups excluding carboxylic acids is 1. The quantitative estimate of drug-likeness (QED) is 0.760. The predicted molar refractivity (Wildman–Crippen MR) is 61.5 cm³/mol. The van der Waals surface area contributed by atoms with Gasteiger partial charge < -0.3 is 4.90 Å². The number of likely N-dealkylation sites (tertiary alicyclic amines) is 1. The van der Waals surface area contributed by atoms with Crippen molar-refractivity contribution in [1.29, 1.82) is 0 Å². The number of benzene rings is 1. The molecule has 0 aliphatic carbocycles. The first kappa shape index (κ1) is 10.5. The third-order valence-electron chi connectivity index (χ3n) is 2.90. The van der Waals surface area contributed by atoms with E-state index < -0.39 is 0 Å². The van der Waals surface area contributed by atoms with Gasteiger partial charge in [0.25, 0.3) is 0 Å². The summed E-state index contributed by atoms with van der Waals surface area (Å²) in [5.74, 6) is 0.0819. The summed E-state index contributed by atoms with van der Waals surface area (Å²) in [6.07, 6.45) is 0.411. The summed E-state index contributed by atoms with van der Waals surface area (Å²) in [4.78, 5) is 13.4. The van der Waals surface area contributed by atoms with Gasteiger partial charge in [-0.2, -0.15) is 0 Å².